The summed E-state index contributed by atoms with van der Waals surface area (Å²) in [5.74, 6) is 0.284. The highest BCUT2D eigenvalue weighted by atomic mass is 79.9. The van der Waals surface area contributed by atoms with Gasteiger partial charge in [0.2, 0.25) is 5.88 Å². The molecule has 1 heterocycles. The molecule has 0 unspecified atom stereocenters. The molecular formula is C14H16BrN3O4. The van der Waals surface area contributed by atoms with Crippen LogP contribution in [0.15, 0.2) is 34.8 Å². The molecule has 1 amide bonds. The van der Waals surface area contributed by atoms with Crippen molar-refractivity contribution in [1.29, 1.82) is 0 Å². The molecule has 118 valence electrons. The van der Waals surface area contributed by atoms with Crippen LogP contribution in [-0.4, -0.2) is 33.2 Å². The van der Waals surface area contributed by atoms with E-state index < -0.39 is 11.7 Å². The molecule has 0 aliphatic carbocycles. The number of hydrogen-bond acceptors (Lipinski definition) is 5. The first-order valence-electron chi connectivity index (χ1n) is 6.44. The van der Waals surface area contributed by atoms with Gasteiger partial charge in [0, 0.05) is 0 Å². The Hall–Kier alpha value is -2.06. The predicted octanol–water partition coefficient (Wildman–Crippen LogP) is 2.24. The number of rotatable bonds is 5. The number of aromatic nitrogens is 2. The van der Waals surface area contributed by atoms with Gasteiger partial charge in [-0.15, -0.1) is 5.10 Å². The topological polar surface area (TPSA) is 99.6 Å². The van der Waals surface area contributed by atoms with Crippen molar-refractivity contribution in [3.05, 3.63) is 34.8 Å². The smallest absolute Gasteiger partial charge is 0.411 e. The molecule has 0 bridgehead atoms. The first kappa shape index (κ1) is 16.3. The first-order chi connectivity index (χ1) is 10.3. The van der Waals surface area contributed by atoms with E-state index in [9.17, 15) is 9.90 Å². The van der Waals surface area contributed by atoms with Crippen LogP contribution in [0.25, 0.3) is 5.69 Å². The molecule has 1 aromatic carbocycles. The summed E-state index contributed by atoms with van der Waals surface area (Å²) in [6.07, 6.45) is -0.966. The van der Waals surface area contributed by atoms with Crippen molar-refractivity contribution in [2.75, 3.05) is 6.61 Å². The Balaban J connectivity index is 2.41. The van der Waals surface area contributed by atoms with Gasteiger partial charge in [-0.25, -0.2) is 4.79 Å². The summed E-state index contributed by atoms with van der Waals surface area (Å²) in [5, 5.41) is 14.0. The number of carbonyl (C=O) groups excluding carboxylic acids is 1. The van der Waals surface area contributed by atoms with Crippen LogP contribution in [0.4, 0.5) is 4.79 Å². The Bertz CT molecular complexity index is 665. The van der Waals surface area contributed by atoms with E-state index in [1.807, 2.05) is 18.2 Å². The number of aliphatic hydroxyl groups is 1. The number of benzene rings is 1. The van der Waals surface area contributed by atoms with E-state index in [-0.39, 0.29) is 18.4 Å². The summed E-state index contributed by atoms with van der Waals surface area (Å²) < 4.78 is 12.2. The van der Waals surface area contributed by atoms with Crippen LogP contribution in [-0.2, 0) is 0 Å². The van der Waals surface area contributed by atoms with Gasteiger partial charge in [-0.3, -0.25) is 0 Å². The van der Waals surface area contributed by atoms with Gasteiger partial charge in [-0.05, 0) is 41.9 Å². The summed E-state index contributed by atoms with van der Waals surface area (Å²) >= 11 is 3.27. The number of halogens is 1. The molecule has 0 saturated carbocycles. The fraction of sp³-hybridized carbons (Fsp3) is 0.286. The van der Waals surface area contributed by atoms with Gasteiger partial charge in [0.05, 0.1) is 11.3 Å². The maximum absolute atomic E-state index is 11.1. The van der Waals surface area contributed by atoms with E-state index in [1.54, 1.807) is 26.0 Å². The van der Waals surface area contributed by atoms with Crippen molar-refractivity contribution in [3.63, 3.8) is 0 Å². The van der Waals surface area contributed by atoms with Crippen molar-refractivity contribution in [3.8, 4) is 17.4 Å². The van der Waals surface area contributed by atoms with Crippen molar-refractivity contribution in [2.24, 2.45) is 5.73 Å². The third-order valence-electron chi connectivity index (χ3n) is 2.52. The first-order valence-corrected chi connectivity index (χ1v) is 7.23. The minimum absolute atomic E-state index is 0.0212. The molecule has 0 aliphatic rings. The molecule has 8 heteroatoms. The Morgan fingerprint density at radius 1 is 1.41 bits per heavy atom. The molecule has 22 heavy (non-hydrogen) atoms. The molecule has 0 spiro atoms. The van der Waals surface area contributed by atoms with Crippen molar-refractivity contribution < 1.29 is 19.4 Å². The fourth-order valence-electron chi connectivity index (χ4n) is 1.63. The number of para-hydroxylation sites is 1. The highest BCUT2D eigenvalue weighted by molar-refractivity contribution is 9.10. The van der Waals surface area contributed by atoms with Crippen LogP contribution >= 0.6 is 15.9 Å². The third kappa shape index (κ3) is 3.99. The highest BCUT2D eigenvalue weighted by Crippen LogP contribution is 2.36. The maximum Gasteiger partial charge on any atom is 0.411 e. The number of ether oxygens (including phenoxy) is 2. The largest absolute Gasteiger partial charge is 0.473 e. The van der Waals surface area contributed by atoms with E-state index in [4.69, 9.17) is 15.2 Å². The van der Waals surface area contributed by atoms with Gasteiger partial charge in [0.15, 0.2) is 0 Å². The lowest BCUT2D eigenvalue weighted by Crippen LogP contribution is -2.28. The zero-order valence-corrected chi connectivity index (χ0v) is 13.7. The zero-order chi connectivity index (χ0) is 16.3. The second kappa shape index (κ2) is 6.37. The molecule has 0 aliphatic heterocycles. The summed E-state index contributed by atoms with van der Waals surface area (Å²) in [6.45, 7) is 3.24. The second-order valence-electron chi connectivity index (χ2n) is 5.19. The fourth-order valence-corrected chi connectivity index (χ4v) is 2.07. The molecule has 7 nitrogen and oxygen atoms in total. The predicted molar refractivity (Wildman–Crippen MR) is 83.3 cm³/mol. The van der Waals surface area contributed by atoms with Crippen LogP contribution in [0.3, 0.4) is 0 Å². The number of nitrogens with zero attached hydrogens (tertiary/aromatic N) is 2. The van der Waals surface area contributed by atoms with Crippen LogP contribution < -0.4 is 15.2 Å². The lowest BCUT2D eigenvalue weighted by molar-refractivity contribution is 0.0264. The highest BCUT2D eigenvalue weighted by Gasteiger charge is 2.23. The Labute approximate surface area is 135 Å². The van der Waals surface area contributed by atoms with E-state index in [2.05, 4.69) is 21.0 Å². The van der Waals surface area contributed by atoms with E-state index in [1.165, 1.54) is 4.68 Å². The SMILES string of the molecule is CC(C)(O)COc1nn(-c2ccccc2)c(OC(N)=O)c1Br. The van der Waals surface area contributed by atoms with Gasteiger partial charge >= 0.3 is 6.09 Å². The van der Waals surface area contributed by atoms with Gasteiger partial charge in [-0.2, -0.15) is 4.68 Å². The quantitative estimate of drug-likeness (QED) is 0.841. The molecule has 1 aromatic heterocycles. The van der Waals surface area contributed by atoms with Gasteiger partial charge in [0.1, 0.15) is 11.1 Å². The zero-order valence-electron chi connectivity index (χ0n) is 12.1. The summed E-state index contributed by atoms with van der Waals surface area (Å²) in [7, 11) is 0. The molecule has 3 N–H and O–H groups in total. The molecule has 2 rings (SSSR count). The molecule has 0 fully saturated rings. The van der Waals surface area contributed by atoms with Crippen LogP contribution in [0, 0.1) is 0 Å². The summed E-state index contributed by atoms with van der Waals surface area (Å²) in [5.41, 5.74) is 4.73. The van der Waals surface area contributed by atoms with Crippen LogP contribution in [0.1, 0.15) is 13.8 Å². The van der Waals surface area contributed by atoms with E-state index >= 15 is 0 Å². The molecule has 0 atom stereocenters. The van der Waals surface area contributed by atoms with E-state index in [0.29, 0.717) is 10.2 Å². The second-order valence-corrected chi connectivity index (χ2v) is 5.99. The Kier molecular flexibility index (Phi) is 4.72. The Morgan fingerprint density at radius 2 is 2.05 bits per heavy atom. The molecule has 0 saturated heterocycles. The van der Waals surface area contributed by atoms with Crippen molar-refractivity contribution in [2.45, 2.75) is 19.4 Å². The number of primary amides is 1. The summed E-state index contributed by atoms with van der Waals surface area (Å²) in [4.78, 5) is 11.1. The van der Waals surface area contributed by atoms with Gasteiger partial charge in [-0.1, -0.05) is 18.2 Å². The minimum Gasteiger partial charge on any atom is -0.473 e. The number of nitrogens with two attached hydrogens (primary N) is 1. The third-order valence-corrected chi connectivity index (χ3v) is 3.20. The van der Waals surface area contributed by atoms with Crippen molar-refractivity contribution >= 4 is 22.0 Å². The maximum atomic E-state index is 11.1. The minimum atomic E-state index is -1.03. The molecular weight excluding hydrogens is 354 g/mol. The monoisotopic (exact) mass is 369 g/mol. The lowest BCUT2D eigenvalue weighted by Gasteiger charge is -2.16. The average molecular weight is 370 g/mol. The van der Waals surface area contributed by atoms with Crippen LogP contribution in [0.2, 0.25) is 0 Å². The normalized spacial score (nSPS) is 11.3. The van der Waals surface area contributed by atoms with Crippen LogP contribution in [0.5, 0.6) is 11.8 Å². The number of carbonyl (C=O) groups is 1. The summed E-state index contributed by atoms with van der Waals surface area (Å²) in [6, 6.07) is 9.05. The lowest BCUT2D eigenvalue weighted by atomic mass is 10.2. The van der Waals surface area contributed by atoms with Crippen molar-refractivity contribution in [1.82, 2.24) is 9.78 Å². The number of hydrogen-bond donors (Lipinski definition) is 2. The van der Waals surface area contributed by atoms with Gasteiger partial charge in [0.25, 0.3) is 5.88 Å². The average Bonchev–Trinajstić information content (AvgIpc) is 2.74. The number of amides is 1. The van der Waals surface area contributed by atoms with Gasteiger partial charge < -0.3 is 20.3 Å². The molecule has 2 aromatic rings. The molecule has 0 radical (unpaired) electrons. The standard InChI is InChI=1S/C14H16BrN3O4/c1-14(2,20)8-21-11-10(15)12(22-13(16)19)18(17-11)9-6-4-3-5-7-9/h3-7,20H,8H2,1-2H3,(H2,16,19). The Morgan fingerprint density at radius 3 is 2.59 bits per heavy atom. The van der Waals surface area contributed by atoms with E-state index in [0.717, 1.165) is 0 Å².